The molecule has 31 heavy (non-hydrogen) atoms. The standard InChI is InChI=1S/C23H17Cl2FN4O/c1-13-5-3-7-18(25)20(13)27-23(31)21-28-22(15-9-11-16(26)12-10-15)30(29-21)19-8-4-6-17(24)14(19)2/h3-12H,1-2H3,(H,27,31). The maximum absolute atomic E-state index is 13.5. The summed E-state index contributed by atoms with van der Waals surface area (Å²) in [7, 11) is 0. The first-order valence-electron chi connectivity index (χ1n) is 9.40. The van der Waals surface area contributed by atoms with Crippen molar-refractivity contribution in [1.82, 2.24) is 14.8 Å². The van der Waals surface area contributed by atoms with Crippen LogP contribution in [0.3, 0.4) is 0 Å². The summed E-state index contributed by atoms with van der Waals surface area (Å²) in [6.45, 7) is 3.69. The van der Waals surface area contributed by atoms with Crippen LogP contribution >= 0.6 is 23.2 Å². The van der Waals surface area contributed by atoms with E-state index in [4.69, 9.17) is 23.2 Å². The molecule has 0 aliphatic carbocycles. The van der Waals surface area contributed by atoms with E-state index in [0.29, 0.717) is 32.8 Å². The van der Waals surface area contributed by atoms with Gasteiger partial charge >= 0.3 is 0 Å². The van der Waals surface area contributed by atoms with E-state index in [1.807, 2.05) is 26.0 Å². The van der Waals surface area contributed by atoms with Gasteiger partial charge < -0.3 is 5.32 Å². The summed E-state index contributed by atoms with van der Waals surface area (Å²) in [5.74, 6) is -0.566. The van der Waals surface area contributed by atoms with Gasteiger partial charge in [-0.3, -0.25) is 4.79 Å². The molecule has 0 fully saturated rings. The maximum Gasteiger partial charge on any atom is 0.295 e. The first-order valence-corrected chi connectivity index (χ1v) is 10.2. The van der Waals surface area contributed by atoms with Gasteiger partial charge in [0.15, 0.2) is 5.82 Å². The molecule has 0 atom stereocenters. The van der Waals surface area contributed by atoms with Gasteiger partial charge in [-0.1, -0.05) is 41.4 Å². The molecule has 4 rings (SSSR count). The molecule has 4 aromatic rings. The third kappa shape index (κ3) is 4.17. The van der Waals surface area contributed by atoms with Gasteiger partial charge in [-0.25, -0.2) is 14.1 Å². The van der Waals surface area contributed by atoms with Crippen LogP contribution in [0, 0.1) is 19.7 Å². The van der Waals surface area contributed by atoms with Gasteiger partial charge in [-0.15, -0.1) is 5.10 Å². The number of carbonyl (C=O) groups is 1. The van der Waals surface area contributed by atoms with E-state index < -0.39 is 5.91 Å². The number of benzene rings is 3. The van der Waals surface area contributed by atoms with Crippen LogP contribution in [0.5, 0.6) is 0 Å². The van der Waals surface area contributed by atoms with Gasteiger partial charge in [0, 0.05) is 10.6 Å². The molecule has 3 aromatic carbocycles. The van der Waals surface area contributed by atoms with Crippen LogP contribution in [0.15, 0.2) is 60.7 Å². The van der Waals surface area contributed by atoms with E-state index in [0.717, 1.165) is 11.1 Å². The van der Waals surface area contributed by atoms with Gasteiger partial charge in [-0.2, -0.15) is 0 Å². The van der Waals surface area contributed by atoms with E-state index in [1.54, 1.807) is 36.4 Å². The molecule has 5 nitrogen and oxygen atoms in total. The lowest BCUT2D eigenvalue weighted by Crippen LogP contribution is -2.15. The molecule has 0 radical (unpaired) electrons. The maximum atomic E-state index is 13.5. The van der Waals surface area contributed by atoms with Gasteiger partial charge in [0.05, 0.1) is 16.4 Å². The van der Waals surface area contributed by atoms with Crippen LogP contribution in [-0.4, -0.2) is 20.7 Å². The number of aromatic nitrogens is 3. The zero-order valence-corrected chi connectivity index (χ0v) is 18.2. The second-order valence-electron chi connectivity index (χ2n) is 6.95. The number of carbonyl (C=O) groups excluding carboxylic acids is 1. The Morgan fingerprint density at radius 3 is 2.35 bits per heavy atom. The third-order valence-electron chi connectivity index (χ3n) is 4.84. The molecular formula is C23H17Cl2FN4O. The minimum Gasteiger partial charge on any atom is -0.318 e. The Labute approximate surface area is 188 Å². The Bertz CT molecular complexity index is 1270. The highest BCUT2D eigenvalue weighted by Crippen LogP contribution is 2.28. The minimum atomic E-state index is -0.516. The molecule has 1 amide bonds. The Balaban J connectivity index is 1.82. The molecule has 0 bridgehead atoms. The fraction of sp³-hybridized carbons (Fsp3) is 0.0870. The summed E-state index contributed by atoms with van der Waals surface area (Å²) in [6.07, 6.45) is 0. The van der Waals surface area contributed by atoms with Crippen LogP contribution in [0.1, 0.15) is 21.7 Å². The Morgan fingerprint density at radius 2 is 1.65 bits per heavy atom. The number of halogens is 3. The predicted molar refractivity (Wildman–Crippen MR) is 121 cm³/mol. The highest BCUT2D eigenvalue weighted by atomic mass is 35.5. The minimum absolute atomic E-state index is 0.0574. The van der Waals surface area contributed by atoms with Gasteiger partial charge in [-0.05, 0) is 67.4 Å². The number of amides is 1. The number of aryl methyl sites for hydroxylation is 1. The molecule has 1 heterocycles. The lowest BCUT2D eigenvalue weighted by atomic mass is 10.1. The Kier molecular flexibility index (Phi) is 5.76. The fourth-order valence-corrected chi connectivity index (χ4v) is 3.59. The molecular weight excluding hydrogens is 438 g/mol. The second-order valence-corrected chi connectivity index (χ2v) is 7.76. The Morgan fingerprint density at radius 1 is 0.968 bits per heavy atom. The number of para-hydroxylation sites is 1. The lowest BCUT2D eigenvalue weighted by molar-refractivity contribution is 0.101. The molecule has 0 spiro atoms. The van der Waals surface area contributed by atoms with Gasteiger partial charge in [0.2, 0.25) is 5.82 Å². The first kappa shape index (κ1) is 21.0. The summed E-state index contributed by atoms with van der Waals surface area (Å²) in [5, 5.41) is 8.18. The van der Waals surface area contributed by atoms with Crippen LogP contribution in [0.25, 0.3) is 17.1 Å². The molecule has 0 aliphatic heterocycles. The fourth-order valence-electron chi connectivity index (χ4n) is 3.15. The van der Waals surface area contributed by atoms with Gasteiger partial charge in [0.1, 0.15) is 5.82 Å². The summed E-state index contributed by atoms with van der Waals surface area (Å²) < 4.78 is 15.0. The molecule has 1 N–H and O–H groups in total. The van der Waals surface area contributed by atoms with Gasteiger partial charge in [0.25, 0.3) is 5.91 Å². The molecule has 0 aliphatic rings. The molecule has 156 valence electrons. The molecule has 0 saturated heterocycles. The van der Waals surface area contributed by atoms with Crippen molar-refractivity contribution in [3.8, 4) is 17.1 Å². The van der Waals surface area contributed by atoms with E-state index in [-0.39, 0.29) is 11.6 Å². The summed E-state index contributed by atoms with van der Waals surface area (Å²) in [6, 6.07) is 16.5. The van der Waals surface area contributed by atoms with Crippen molar-refractivity contribution in [2.45, 2.75) is 13.8 Å². The number of nitrogens with zero attached hydrogens (tertiary/aromatic N) is 3. The second kappa shape index (κ2) is 8.49. The van der Waals surface area contributed by atoms with E-state index in [2.05, 4.69) is 15.4 Å². The van der Waals surface area contributed by atoms with Crippen molar-refractivity contribution < 1.29 is 9.18 Å². The van der Waals surface area contributed by atoms with Crippen LogP contribution < -0.4 is 5.32 Å². The van der Waals surface area contributed by atoms with Crippen molar-refractivity contribution in [2.75, 3.05) is 5.32 Å². The summed E-state index contributed by atoms with van der Waals surface area (Å²) in [5.41, 5.74) is 3.33. The first-order chi connectivity index (χ1) is 14.8. The van der Waals surface area contributed by atoms with Crippen LogP contribution in [0.4, 0.5) is 10.1 Å². The smallest absolute Gasteiger partial charge is 0.295 e. The summed E-state index contributed by atoms with van der Waals surface area (Å²) >= 11 is 12.5. The largest absolute Gasteiger partial charge is 0.318 e. The predicted octanol–water partition coefficient (Wildman–Crippen LogP) is 6.25. The number of rotatable bonds is 4. The molecule has 0 unspecified atom stereocenters. The molecule has 0 saturated carbocycles. The van der Waals surface area contributed by atoms with Crippen LogP contribution in [0.2, 0.25) is 10.0 Å². The van der Waals surface area contributed by atoms with Crippen molar-refractivity contribution >= 4 is 34.8 Å². The zero-order chi connectivity index (χ0) is 22.1. The zero-order valence-electron chi connectivity index (χ0n) is 16.7. The van der Waals surface area contributed by atoms with Crippen molar-refractivity contribution in [3.05, 3.63) is 93.5 Å². The third-order valence-corrected chi connectivity index (χ3v) is 5.56. The number of hydrogen-bond donors (Lipinski definition) is 1. The number of anilines is 1. The molecule has 1 aromatic heterocycles. The number of hydrogen-bond acceptors (Lipinski definition) is 3. The van der Waals surface area contributed by atoms with Crippen LogP contribution in [-0.2, 0) is 0 Å². The Hall–Kier alpha value is -3.22. The summed E-state index contributed by atoms with van der Waals surface area (Å²) in [4.78, 5) is 17.4. The average molecular weight is 455 g/mol. The van der Waals surface area contributed by atoms with E-state index >= 15 is 0 Å². The van der Waals surface area contributed by atoms with Crippen molar-refractivity contribution in [1.29, 1.82) is 0 Å². The van der Waals surface area contributed by atoms with E-state index in [9.17, 15) is 9.18 Å². The van der Waals surface area contributed by atoms with E-state index in [1.165, 1.54) is 16.8 Å². The monoisotopic (exact) mass is 454 g/mol. The molecule has 8 heteroatoms. The normalized spacial score (nSPS) is 10.9. The number of nitrogens with one attached hydrogen (secondary N) is 1. The highest BCUT2D eigenvalue weighted by molar-refractivity contribution is 6.34. The van der Waals surface area contributed by atoms with Crippen molar-refractivity contribution in [3.63, 3.8) is 0 Å². The SMILES string of the molecule is Cc1cccc(Cl)c1NC(=O)c1nc(-c2ccc(F)cc2)n(-c2cccc(Cl)c2C)n1. The topological polar surface area (TPSA) is 59.8 Å². The lowest BCUT2D eigenvalue weighted by Gasteiger charge is -2.10. The van der Waals surface area contributed by atoms with Crippen molar-refractivity contribution in [2.24, 2.45) is 0 Å². The highest BCUT2D eigenvalue weighted by Gasteiger charge is 2.21. The average Bonchev–Trinajstić information content (AvgIpc) is 3.18. The quantitative estimate of drug-likeness (QED) is 0.396.